The first-order valence-electron chi connectivity index (χ1n) is 3.22. The zero-order valence-electron chi connectivity index (χ0n) is 4.89. The third kappa shape index (κ3) is 0.858. The van der Waals surface area contributed by atoms with Crippen LogP contribution in [-0.4, -0.2) is 22.8 Å². The van der Waals surface area contributed by atoms with E-state index in [0.717, 1.165) is 6.42 Å². The monoisotopic (exact) mass is 150 g/mol. The summed E-state index contributed by atoms with van der Waals surface area (Å²) in [6.07, 6.45) is -0.998. The molecule has 2 rings (SSSR count). The minimum Gasteiger partial charge on any atom is -0.244 e. The van der Waals surface area contributed by atoms with Gasteiger partial charge in [-0.05, 0) is 12.8 Å². The second-order valence-corrected chi connectivity index (χ2v) is 4.10. The van der Waals surface area contributed by atoms with Crippen molar-refractivity contribution >= 4 is 11.8 Å². The fraction of sp³-hybridized carbons (Fsp3) is 1.00. The quantitative estimate of drug-likeness (QED) is 0.475. The molecule has 2 fully saturated rings. The van der Waals surface area contributed by atoms with E-state index in [1.165, 1.54) is 0 Å². The number of alkyl halides is 2. The highest BCUT2D eigenvalue weighted by atomic mass is 32.2. The predicted octanol–water partition coefficient (Wildman–Crippen LogP) is 1.94. The summed E-state index contributed by atoms with van der Waals surface area (Å²) in [7, 11) is 0. The smallest absolute Gasteiger partial charge is 0.144 e. The molecule has 0 bridgehead atoms. The van der Waals surface area contributed by atoms with Crippen molar-refractivity contribution in [3.05, 3.63) is 0 Å². The van der Waals surface area contributed by atoms with Gasteiger partial charge in [-0.2, -0.15) is 0 Å². The molecule has 0 radical (unpaired) electrons. The van der Waals surface area contributed by atoms with Gasteiger partial charge in [0.25, 0.3) is 0 Å². The molecule has 1 saturated carbocycles. The van der Waals surface area contributed by atoms with E-state index in [4.69, 9.17) is 0 Å². The van der Waals surface area contributed by atoms with Gasteiger partial charge < -0.3 is 0 Å². The van der Waals surface area contributed by atoms with E-state index in [9.17, 15) is 8.78 Å². The molecule has 2 aliphatic rings. The lowest BCUT2D eigenvalue weighted by atomic mass is 9.97. The van der Waals surface area contributed by atoms with E-state index < -0.39 is 12.3 Å². The SMILES string of the molecule is FC1CCC2SC2C1F. The van der Waals surface area contributed by atoms with Crippen LogP contribution >= 0.6 is 11.8 Å². The van der Waals surface area contributed by atoms with E-state index in [1.807, 2.05) is 0 Å². The summed E-state index contributed by atoms with van der Waals surface area (Å²) in [6, 6.07) is 0. The molecule has 1 aliphatic carbocycles. The van der Waals surface area contributed by atoms with E-state index in [1.54, 1.807) is 11.8 Å². The molecule has 52 valence electrons. The summed E-state index contributed by atoms with van der Waals surface area (Å²) in [4.78, 5) is 0. The van der Waals surface area contributed by atoms with E-state index >= 15 is 0 Å². The number of fused-ring (bicyclic) bond motifs is 1. The van der Waals surface area contributed by atoms with Crippen LogP contribution < -0.4 is 0 Å². The molecule has 4 unspecified atom stereocenters. The molecule has 0 aromatic carbocycles. The van der Waals surface area contributed by atoms with Crippen molar-refractivity contribution < 1.29 is 8.78 Å². The molecule has 0 aromatic heterocycles. The number of thioether (sulfide) groups is 1. The normalized spacial score (nSPS) is 56.7. The topological polar surface area (TPSA) is 0 Å². The van der Waals surface area contributed by atoms with Crippen LogP contribution in [0.3, 0.4) is 0 Å². The first kappa shape index (κ1) is 5.96. The van der Waals surface area contributed by atoms with Crippen molar-refractivity contribution in [1.82, 2.24) is 0 Å². The maximum absolute atomic E-state index is 12.6. The molecule has 0 spiro atoms. The van der Waals surface area contributed by atoms with Gasteiger partial charge in [0.05, 0.1) is 5.25 Å². The van der Waals surface area contributed by atoms with Crippen molar-refractivity contribution in [2.45, 2.75) is 35.7 Å². The Balaban J connectivity index is 2.02. The van der Waals surface area contributed by atoms with Gasteiger partial charge in [0.15, 0.2) is 0 Å². The highest BCUT2D eigenvalue weighted by molar-refractivity contribution is 8.07. The standard InChI is InChI=1S/C6H8F2S/c7-3-1-2-4-6(9-4)5(3)8/h3-6H,1-2H2. The molecule has 3 heteroatoms. The Morgan fingerprint density at radius 3 is 2.67 bits per heavy atom. The average molecular weight is 150 g/mol. The largest absolute Gasteiger partial charge is 0.244 e. The van der Waals surface area contributed by atoms with E-state index in [-0.39, 0.29) is 5.25 Å². The lowest BCUT2D eigenvalue weighted by molar-refractivity contribution is 0.140. The molecule has 1 saturated heterocycles. The van der Waals surface area contributed by atoms with Gasteiger partial charge in [-0.1, -0.05) is 0 Å². The molecule has 9 heavy (non-hydrogen) atoms. The second-order valence-electron chi connectivity index (χ2n) is 2.68. The lowest BCUT2D eigenvalue weighted by Crippen LogP contribution is -2.28. The maximum Gasteiger partial charge on any atom is 0.144 e. The molecule has 1 heterocycles. The van der Waals surface area contributed by atoms with Crippen LogP contribution in [0.4, 0.5) is 8.78 Å². The lowest BCUT2D eigenvalue weighted by Gasteiger charge is -2.16. The highest BCUT2D eigenvalue weighted by Gasteiger charge is 2.51. The second kappa shape index (κ2) is 1.84. The summed E-state index contributed by atoms with van der Waals surface area (Å²) in [6.45, 7) is 0. The Morgan fingerprint density at radius 1 is 1.22 bits per heavy atom. The summed E-state index contributed by atoms with van der Waals surface area (Å²) in [5.74, 6) is 0. The van der Waals surface area contributed by atoms with Crippen molar-refractivity contribution in [2.24, 2.45) is 0 Å². The van der Waals surface area contributed by atoms with Crippen molar-refractivity contribution in [3.63, 3.8) is 0 Å². The highest BCUT2D eigenvalue weighted by Crippen LogP contribution is 2.52. The molecular formula is C6H8F2S. The van der Waals surface area contributed by atoms with Crippen LogP contribution in [0.25, 0.3) is 0 Å². The van der Waals surface area contributed by atoms with Crippen molar-refractivity contribution in [3.8, 4) is 0 Å². The van der Waals surface area contributed by atoms with Gasteiger partial charge in [-0.25, -0.2) is 8.78 Å². The summed E-state index contributed by atoms with van der Waals surface area (Å²) in [5, 5.41) is 0.487. The Hall–Kier alpha value is 0.210. The van der Waals surface area contributed by atoms with Crippen LogP contribution in [0, 0.1) is 0 Å². The van der Waals surface area contributed by atoms with Gasteiger partial charge in [0.2, 0.25) is 0 Å². The minimum atomic E-state index is -1.17. The van der Waals surface area contributed by atoms with Crippen LogP contribution in [0.15, 0.2) is 0 Å². The predicted molar refractivity (Wildman–Crippen MR) is 34.2 cm³/mol. The van der Waals surface area contributed by atoms with Gasteiger partial charge in [-0.15, -0.1) is 11.8 Å². The van der Waals surface area contributed by atoms with Crippen LogP contribution in [0.5, 0.6) is 0 Å². The van der Waals surface area contributed by atoms with Gasteiger partial charge in [-0.3, -0.25) is 0 Å². The average Bonchev–Trinajstić information content (AvgIpc) is 2.58. The first-order valence-corrected chi connectivity index (χ1v) is 4.17. The zero-order chi connectivity index (χ0) is 6.43. The summed E-state index contributed by atoms with van der Waals surface area (Å²) >= 11 is 1.60. The van der Waals surface area contributed by atoms with Gasteiger partial charge >= 0.3 is 0 Å². The van der Waals surface area contributed by atoms with Gasteiger partial charge in [0, 0.05) is 5.25 Å². The number of rotatable bonds is 0. The van der Waals surface area contributed by atoms with E-state index in [0.29, 0.717) is 11.7 Å². The molecule has 0 nitrogen and oxygen atoms in total. The van der Waals surface area contributed by atoms with Crippen LogP contribution in [0.2, 0.25) is 0 Å². The Morgan fingerprint density at radius 2 is 2.00 bits per heavy atom. The fourth-order valence-electron chi connectivity index (χ4n) is 1.36. The Bertz CT molecular complexity index is 126. The minimum absolute atomic E-state index is 0.0220. The maximum atomic E-state index is 12.6. The summed E-state index contributed by atoms with van der Waals surface area (Å²) in [5.41, 5.74) is 0. The molecule has 1 aliphatic heterocycles. The molecule has 0 amide bonds. The zero-order valence-corrected chi connectivity index (χ0v) is 5.70. The molecule has 0 aromatic rings. The third-order valence-electron chi connectivity index (χ3n) is 2.01. The summed E-state index contributed by atoms with van der Waals surface area (Å²) < 4.78 is 25.1. The Labute approximate surface area is 57.0 Å². The van der Waals surface area contributed by atoms with Crippen LogP contribution in [-0.2, 0) is 0 Å². The van der Waals surface area contributed by atoms with E-state index in [2.05, 4.69) is 0 Å². The number of hydrogen-bond donors (Lipinski definition) is 0. The number of hydrogen-bond acceptors (Lipinski definition) is 1. The van der Waals surface area contributed by atoms with Gasteiger partial charge in [0.1, 0.15) is 12.3 Å². The first-order chi connectivity index (χ1) is 4.29. The molecule has 0 N–H and O–H groups in total. The fourth-order valence-corrected chi connectivity index (χ4v) is 2.55. The van der Waals surface area contributed by atoms with Crippen molar-refractivity contribution in [1.29, 1.82) is 0 Å². The van der Waals surface area contributed by atoms with Crippen molar-refractivity contribution in [2.75, 3.05) is 0 Å². The molecular weight excluding hydrogens is 142 g/mol. The Kier molecular flexibility index (Phi) is 1.22. The van der Waals surface area contributed by atoms with Crippen LogP contribution in [0.1, 0.15) is 12.8 Å². The third-order valence-corrected chi connectivity index (χ3v) is 3.48. The molecule has 4 atom stereocenters. The number of halogens is 2.